The number of allylic oxidation sites excluding steroid dienone is 7. The maximum Gasteiger partial charge on any atom is 0.220 e. The zero-order valence-corrected chi connectivity index (χ0v) is 59.8. The molecule has 9 N–H and O–H groups in total. The van der Waals surface area contributed by atoms with Crippen molar-refractivity contribution < 1.29 is 64.6 Å². The van der Waals surface area contributed by atoms with E-state index in [9.17, 15) is 45.6 Å². The second-order valence-corrected chi connectivity index (χ2v) is 27.8. The van der Waals surface area contributed by atoms with Crippen molar-refractivity contribution in [2.45, 2.75) is 428 Å². The van der Waals surface area contributed by atoms with Gasteiger partial charge in [0.25, 0.3) is 0 Å². The van der Waals surface area contributed by atoms with Crippen LogP contribution < -0.4 is 5.32 Å². The van der Waals surface area contributed by atoms with Crippen LogP contribution in [0.2, 0.25) is 0 Å². The van der Waals surface area contributed by atoms with Crippen LogP contribution in [-0.4, -0.2) is 140 Å². The lowest BCUT2D eigenvalue weighted by Gasteiger charge is -2.46. The molecule has 2 fully saturated rings. The Labute approximate surface area is 569 Å². The largest absolute Gasteiger partial charge is 0.394 e. The highest BCUT2D eigenvalue weighted by Gasteiger charge is 2.51. The molecule has 2 saturated heterocycles. The smallest absolute Gasteiger partial charge is 0.220 e. The first-order valence-electron chi connectivity index (χ1n) is 39.4. The predicted octanol–water partition coefficient (Wildman–Crippen LogP) is 17.4. The Kier molecular flexibility index (Phi) is 59.3. The first-order valence-corrected chi connectivity index (χ1v) is 39.4. The summed E-state index contributed by atoms with van der Waals surface area (Å²) in [5, 5.41) is 87.6. The highest BCUT2D eigenvalue weighted by atomic mass is 16.7. The molecule has 14 nitrogen and oxygen atoms in total. The molecule has 2 heterocycles. The molecule has 0 aromatic carbocycles. The molecule has 2 rings (SSSR count). The third kappa shape index (κ3) is 46.8. The molecule has 93 heavy (non-hydrogen) atoms. The van der Waals surface area contributed by atoms with Crippen molar-refractivity contribution in [2.24, 2.45) is 0 Å². The molecule has 0 radical (unpaired) electrons. The molecule has 0 aromatic rings. The van der Waals surface area contributed by atoms with E-state index in [-0.39, 0.29) is 18.9 Å². The standard InChI is InChI=1S/C79H147NO13/c1-3-5-7-9-11-13-15-17-19-21-23-25-27-29-30-31-32-33-34-35-36-37-38-39-41-43-45-47-49-51-53-55-57-59-61-63-71(84)80-67(66-90-78-76(89)74(87)77(70(65-82)92-78)93-79-75(88)73(86)72(85)69(64-81)91-79)68(83)62-60-58-56-54-52-50-48-46-44-42-40-28-26-24-22-20-18-16-14-12-10-8-6-4-2/h15,17,21,23,52,54,60,62,67-70,72-79,81-83,85-89H,3-14,16,18-20,22,24-51,53,55-59,61,63-66H2,1-2H3,(H,80,84)/b17-15-,23-21-,54-52+,62-60+. The van der Waals surface area contributed by atoms with Crippen LogP contribution in [0.1, 0.15) is 354 Å². The van der Waals surface area contributed by atoms with Gasteiger partial charge in [0.15, 0.2) is 12.6 Å². The lowest BCUT2D eigenvalue weighted by molar-refractivity contribution is -0.359. The molecule has 12 atom stereocenters. The fourth-order valence-electron chi connectivity index (χ4n) is 13.0. The number of carbonyl (C=O) groups excluding carboxylic acids is 1. The normalized spacial score (nSPS) is 22.8. The monoisotopic (exact) mass is 1320 g/mol. The first kappa shape index (κ1) is 87.0. The van der Waals surface area contributed by atoms with Crippen molar-refractivity contribution in [1.29, 1.82) is 0 Å². The molecule has 0 spiro atoms. The molecule has 546 valence electrons. The van der Waals surface area contributed by atoms with E-state index in [0.717, 1.165) is 38.5 Å². The maximum atomic E-state index is 13.4. The van der Waals surface area contributed by atoms with Crippen molar-refractivity contribution in [3.05, 3.63) is 48.6 Å². The number of hydrogen-bond donors (Lipinski definition) is 9. The second kappa shape index (κ2) is 63.4. The molecule has 2 aliphatic rings. The van der Waals surface area contributed by atoms with Crippen LogP contribution in [0.5, 0.6) is 0 Å². The van der Waals surface area contributed by atoms with Gasteiger partial charge < -0.3 is 65.1 Å². The minimum absolute atomic E-state index is 0.242. The van der Waals surface area contributed by atoms with E-state index < -0.39 is 86.8 Å². The Morgan fingerprint density at radius 3 is 1.12 bits per heavy atom. The SMILES string of the molecule is CCCCCCC/C=C\C/C=C\CCCCCCCCCCCCCCCCCCCCCCCCCC(=O)NC(COC1OC(CO)C(OC2OC(CO)C(O)C(O)C2O)C(O)C1O)C(O)/C=C/CC/C=C/CCCCCCCCCCCCCCCCCCCC. The minimum Gasteiger partial charge on any atom is -0.394 e. The van der Waals surface area contributed by atoms with Gasteiger partial charge in [-0.05, 0) is 64.2 Å². The summed E-state index contributed by atoms with van der Waals surface area (Å²) in [5.74, 6) is -0.242. The molecule has 0 aliphatic carbocycles. The first-order chi connectivity index (χ1) is 45.6. The number of carbonyl (C=O) groups is 1. The quantitative estimate of drug-likeness (QED) is 0.0204. The summed E-state index contributed by atoms with van der Waals surface area (Å²) in [6.45, 7) is 2.83. The third-order valence-corrected chi connectivity index (χ3v) is 19.2. The third-order valence-electron chi connectivity index (χ3n) is 19.2. The van der Waals surface area contributed by atoms with Gasteiger partial charge in [-0.1, -0.05) is 332 Å². The Balaban J connectivity index is 1.62. The van der Waals surface area contributed by atoms with Gasteiger partial charge >= 0.3 is 0 Å². The topological polar surface area (TPSA) is 228 Å². The summed E-state index contributed by atoms with van der Waals surface area (Å²) in [4.78, 5) is 13.4. The molecule has 0 aromatic heterocycles. The molecular formula is C79H147NO13. The summed E-state index contributed by atoms with van der Waals surface area (Å²) in [5.41, 5.74) is 0. The van der Waals surface area contributed by atoms with E-state index in [0.29, 0.717) is 12.8 Å². The number of amides is 1. The van der Waals surface area contributed by atoms with Gasteiger partial charge in [0.2, 0.25) is 5.91 Å². The highest BCUT2D eigenvalue weighted by Crippen LogP contribution is 2.30. The Bertz CT molecular complexity index is 1750. The zero-order valence-electron chi connectivity index (χ0n) is 59.8. The number of unbranched alkanes of at least 4 members (excludes halogenated alkanes) is 47. The van der Waals surface area contributed by atoms with Crippen LogP contribution in [0.25, 0.3) is 0 Å². The molecule has 12 unspecified atom stereocenters. The number of aliphatic hydroxyl groups excluding tert-OH is 8. The van der Waals surface area contributed by atoms with Crippen LogP contribution in [-0.2, 0) is 23.7 Å². The van der Waals surface area contributed by atoms with Crippen molar-refractivity contribution in [3.8, 4) is 0 Å². The Hall–Kier alpha value is -2.05. The zero-order chi connectivity index (χ0) is 67.3. The highest BCUT2D eigenvalue weighted by molar-refractivity contribution is 5.76. The predicted molar refractivity (Wildman–Crippen MR) is 383 cm³/mol. The average Bonchev–Trinajstić information content (AvgIpc) is 0.854. The number of rotatable bonds is 66. The molecule has 14 heteroatoms. The van der Waals surface area contributed by atoms with Crippen LogP contribution in [0.15, 0.2) is 48.6 Å². The van der Waals surface area contributed by atoms with Crippen molar-refractivity contribution in [2.75, 3.05) is 19.8 Å². The lowest BCUT2D eigenvalue weighted by Crippen LogP contribution is -2.65. The van der Waals surface area contributed by atoms with E-state index >= 15 is 0 Å². The molecular weight excluding hydrogens is 1170 g/mol. The van der Waals surface area contributed by atoms with Gasteiger partial charge in [0.05, 0.1) is 32.0 Å². The number of nitrogens with one attached hydrogen (secondary N) is 1. The van der Waals surface area contributed by atoms with Gasteiger partial charge in [-0.15, -0.1) is 0 Å². The van der Waals surface area contributed by atoms with E-state index in [1.54, 1.807) is 6.08 Å². The van der Waals surface area contributed by atoms with Gasteiger partial charge in [-0.2, -0.15) is 0 Å². The van der Waals surface area contributed by atoms with Crippen molar-refractivity contribution in [3.63, 3.8) is 0 Å². The van der Waals surface area contributed by atoms with E-state index in [2.05, 4.69) is 55.6 Å². The summed E-state index contributed by atoms with van der Waals surface area (Å²) in [6, 6.07) is -0.932. The number of hydrogen-bond acceptors (Lipinski definition) is 13. The molecule has 0 saturated carbocycles. The second-order valence-electron chi connectivity index (χ2n) is 27.8. The average molecular weight is 1320 g/mol. The summed E-state index contributed by atoms with van der Waals surface area (Å²) >= 11 is 0. The summed E-state index contributed by atoms with van der Waals surface area (Å²) < 4.78 is 22.9. The van der Waals surface area contributed by atoms with Gasteiger partial charge in [-0.25, -0.2) is 0 Å². The fraction of sp³-hybridized carbons (Fsp3) is 0.886. The lowest BCUT2D eigenvalue weighted by atomic mass is 9.97. The van der Waals surface area contributed by atoms with Crippen LogP contribution in [0, 0.1) is 0 Å². The van der Waals surface area contributed by atoms with E-state index in [4.69, 9.17) is 18.9 Å². The van der Waals surface area contributed by atoms with Gasteiger partial charge in [0, 0.05) is 6.42 Å². The minimum atomic E-state index is -1.79. The number of ether oxygens (including phenoxy) is 4. The van der Waals surface area contributed by atoms with E-state index in [1.165, 1.54) is 283 Å². The molecule has 2 aliphatic heterocycles. The Morgan fingerprint density at radius 2 is 0.720 bits per heavy atom. The maximum absolute atomic E-state index is 13.4. The van der Waals surface area contributed by atoms with Crippen LogP contribution >= 0.6 is 0 Å². The van der Waals surface area contributed by atoms with Crippen molar-refractivity contribution in [1.82, 2.24) is 5.32 Å². The number of aliphatic hydroxyl groups is 8. The van der Waals surface area contributed by atoms with Crippen molar-refractivity contribution >= 4 is 5.91 Å². The fourth-order valence-corrected chi connectivity index (χ4v) is 13.0. The van der Waals surface area contributed by atoms with Crippen LogP contribution in [0.4, 0.5) is 0 Å². The van der Waals surface area contributed by atoms with Gasteiger partial charge in [-0.3, -0.25) is 4.79 Å². The summed E-state index contributed by atoms with van der Waals surface area (Å²) in [7, 11) is 0. The van der Waals surface area contributed by atoms with Crippen LogP contribution in [0.3, 0.4) is 0 Å². The molecule has 1 amide bonds. The van der Waals surface area contributed by atoms with Gasteiger partial charge in [0.1, 0.15) is 48.8 Å². The van der Waals surface area contributed by atoms with E-state index in [1.807, 2.05) is 6.08 Å². The summed E-state index contributed by atoms with van der Waals surface area (Å²) in [6.07, 6.45) is 67.7. The molecule has 0 bridgehead atoms. The Morgan fingerprint density at radius 1 is 0.387 bits per heavy atom.